The lowest BCUT2D eigenvalue weighted by atomic mass is 9.96. The lowest BCUT2D eigenvalue weighted by Crippen LogP contribution is -2.44. The SMILES string of the molecule is CCC(N)C(c1cccc(OC)c1)N(CC)CC(N)=O. The van der Waals surface area contributed by atoms with Gasteiger partial charge in [0.25, 0.3) is 0 Å². The van der Waals surface area contributed by atoms with Crippen molar-refractivity contribution in [1.82, 2.24) is 4.90 Å². The van der Waals surface area contributed by atoms with Crippen molar-refractivity contribution >= 4 is 5.91 Å². The zero-order valence-corrected chi connectivity index (χ0v) is 12.5. The van der Waals surface area contributed by atoms with E-state index in [9.17, 15) is 4.79 Å². The van der Waals surface area contributed by atoms with Gasteiger partial charge in [-0.2, -0.15) is 0 Å². The third-order valence-corrected chi connectivity index (χ3v) is 3.47. The Hall–Kier alpha value is -1.59. The number of primary amides is 1. The number of methoxy groups -OCH3 is 1. The average molecular weight is 279 g/mol. The number of hydrogen-bond donors (Lipinski definition) is 2. The van der Waals surface area contributed by atoms with Crippen LogP contribution < -0.4 is 16.2 Å². The van der Waals surface area contributed by atoms with Gasteiger partial charge in [0.2, 0.25) is 5.91 Å². The van der Waals surface area contributed by atoms with Crippen LogP contribution in [-0.4, -0.2) is 37.0 Å². The van der Waals surface area contributed by atoms with Crippen LogP contribution in [0.25, 0.3) is 0 Å². The van der Waals surface area contributed by atoms with Gasteiger partial charge in [0.05, 0.1) is 19.7 Å². The third-order valence-electron chi connectivity index (χ3n) is 3.47. The number of nitrogens with zero attached hydrogens (tertiary/aromatic N) is 1. The van der Waals surface area contributed by atoms with Gasteiger partial charge in [-0.15, -0.1) is 0 Å². The van der Waals surface area contributed by atoms with Gasteiger partial charge in [0, 0.05) is 6.04 Å². The van der Waals surface area contributed by atoms with Crippen molar-refractivity contribution < 1.29 is 9.53 Å². The van der Waals surface area contributed by atoms with Crippen molar-refractivity contribution in [3.8, 4) is 5.75 Å². The molecule has 0 aromatic heterocycles. The van der Waals surface area contributed by atoms with E-state index in [2.05, 4.69) is 0 Å². The molecule has 2 atom stereocenters. The lowest BCUT2D eigenvalue weighted by Gasteiger charge is -2.34. The van der Waals surface area contributed by atoms with Crippen LogP contribution in [0.4, 0.5) is 0 Å². The predicted molar refractivity (Wildman–Crippen MR) is 80.4 cm³/mol. The molecule has 0 bridgehead atoms. The van der Waals surface area contributed by atoms with E-state index in [4.69, 9.17) is 16.2 Å². The van der Waals surface area contributed by atoms with Crippen LogP contribution in [-0.2, 0) is 4.79 Å². The molecular weight excluding hydrogens is 254 g/mol. The molecule has 0 fully saturated rings. The maximum Gasteiger partial charge on any atom is 0.231 e. The summed E-state index contributed by atoms with van der Waals surface area (Å²) >= 11 is 0. The highest BCUT2D eigenvalue weighted by molar-refractivity contribution is 5.76. The molecule has 0 aliphatic heterocycles. The van der Waals surface area contributed by atoms with Crippen LogP contribution in [0.2, 0.25) is 0 Å². The molecule has 1 amide bonds. The van der Waals surface area contributed by atoms with Crippen LogP contribution in [0, 0.1) is 0 Å². The fraction of sp³-hybridized carbons (Fsp3) is 0.533. The molecule has 1 aromatic rings. The smallest absolute Gasteiger partial charge is 0.231 e. The molecule has 20 heavy (non-hydrogen) atoms. The molecular formula is C15H25N3O2. The first kappa shape index (κ1) is 16.5. The van der Waals surface area contributed by atoms with Crippen LogP contribution in [0.1, 0.15) is 31.9 Å². The Bertz CT molecular complexity index is 437. The van der Waals surface area contributed by atoms with Crippen LogP contribution in [0.5, 0.6) is 5.75 Å². The second-order valence-corrected chi connectivity index (χ2v) is 4.82. The van der Waals surface area contributed by atoms with Gasteiger partial charge in [-0.1, -0.05) is 26.0 Å². The molecule has 0 aliphatic rings. The van der Waals surface area contributed by atoms with Gasteiger partial charge < -0.3 is 16.2 Å². The number of rotatable bonds is 8. The number of benzene rings is 1. The Balaban J connectivity index is 3.12. The van der Waals surface area contributed by atoms with E-state index in [1.165, 1.54) is 0 Å². The topological polar surface area (TPSA) is 81.6 Å². The summed E-state index contributed by atoms with van der Waals surface area (Å²) in [5, 5.41) is 0. The molecule has 0 radical (unpaired) electrons. The molecule has 1 aromatic carbocycles. The summed E-state index contributed by atoms with van der Waals surface area (Å²) in [6.45, 7) is 4.94. The highest BCUT2D eigenvalue weighted by atomic mass is 16.5. The van der Waals surface area contributed by atoms with Crippen molar-refractivity contribution in [3.63, 3.8) is 0 Å². The highest BCUT2D eigenvalue weighted by Crippen LogP contribution is 2.27. The molecule has 4 N–H and O–H groups in total. The Morgan fingerprint density at radius 3 is 2.60 bits per heavy atom. The third kappa shape index (κ3) is 4.21. The molecule has 2 unspecified atom stereocenters. The first-order chi connectivity index (χ1) is 9.53. The van der Waals surface area contributed by atoms with Gasteiger partial charge in [-0.05, 0) is 30.7 Å². The summed E-state index contributed by atoms with van der Waals surface area (Å²) < 4.78 is 5.26. The number of amides is 1. The molecule has 112 valence electrons. The summed E-state index contributed by atoms with van der Waals surface area (Å²) in [6, 6.07) is 7.68. The Morgan fingerprint density at radius 2 is 2.10 bits per heavy atom. The Morgan fingerprint density at radius 1 is 1.40 bits per heavy atom. The predicted octanol–water partition coefficient (Wildman–Crippen LogP) is 1.28. The molecule has 5 heteroatoms. The first-order valence-corrected chi connectivity index (χ1v) is 6.95. The maximum atomic E-state index is 11.3. The zero-order valence-electron chi connectivity index (χ0n) is 12.5. The quantitative estimate of drug-likeness (QED) is 0.751. The van der Waals surface area contributed by atoms with Gasteiger partial charge >= 0.3 is 0 Å². The second-order valence-electron chi connectivity index (χ2n) is 4.82. The maximum absolute atomic E-state index is 11.3. The minimum atomic E-state index is -0.344. The van der Waals surface area contributed by atoms with Crippen molar-refractivity contribution in [3.05, 3.63) is 29.8 Å². The summed E-state index contributed by atoms with van der Waals surface area (Å²) in [4.78, 5) is 13.3. The van der Waals surface area contributed by atoms with E-state index >= 15 is 0 Å². The van der Waals surface area contributed by atoms with Crippen molar-refractivity contribution in [2.75, 3.05) is 20.2 Å². The van der Waals surface area contributed by atoms with Gasteiger partial charge in [-0.3, -0.25) is 9.69 Å². The van der Waals surface area contributed by atoms with E-state index in [0.29, 0.717) is 6.54 Å². The van der Waals surface area contributed by atoms with E-state index < -0.39 is 0 Å². The summed E-state index contributed by atoms with van der Waals surface area (Å²) in [5.41, 5.74) is 12.6. The van der Waals surface area contributed by atoms with Crippen molar-refractivity contribution in [1.29, 1.82) is 0 Å². The summed E-state index contributed by atoms with van der Waals surface area (Å²) in [6.07, 6.45) is 0.817. The number of ether oxygens (including phenoxy) is 1. The monoisotopic (exact) mass is 279 g/mol. The second kappa shape index (κ2) is 7.87. The summed E-state index contributed by atoms with van der Waals surface area (Å²) in [5.74, 6) is 0.439. The molecule has 0 saturated carbocycles. The minimum Gasteiger partial charge on any atom is -0.497 e. The Kier molecular flexibility index (Phi) is 6.48. The van der Waals surface area contributed by atoms with Crippen molar-refractivity contribution in [2.45, 2.75) is 32.4 Å². The molecule has 0 aliphatic carbocycles. The van der Waals surface area contributed by atoms with E-state index in [-0.39, 0.29) is 24.5 Å². The largest absolute Gasteiger partial charge is 0.497 e. The fourth-order valence-corrected chi connectivity index (χ4v) is 2.38. The molecule has 1 rings (SSSR count). The molecule has 0 saturated heterocycles. The van der Waals surface area contributed by atoms with Crippen LogP contribution >= 0.6 is 0 Å². The number of carbonyl (C=O) groups is 1. The fourth-order valence-electron chi connectivity index (χ4n) is 2.38. The van der Waals surface area contributed by atoms with Gasteiger partial charge in [-0.25, -0.2) is 0 Å². The van der Waals surface area contributed by atoms with Gasteiger partial charge in [0.15, 0.2) is 0 Å². The lowest BCUT2D eigenvalue weighted by molar-refractivity contribution is -0.119. The van der Waals surface area contributed by atoms with E-state index in [1.54, 1.807) is 7.11 Å². The molecule has 0 spiro atoms. The minimum absolute atomic E-state index is 0.0485. The number of carbonyl (C=O) groups excluding carboxylic acids is 1. The van der Waals surface area contributed by atoms with E-state index in [1.807, 2.05) is 43.0 Å². The number of nitrogens with two attached hydrogens (primary N) is 2. The first-order valence-electron chi connectivity index (χ1n) is 6.95. The van der Waals surface area contributed by atoms with E-state index in [0.717, 1.165) is 17.7 Å². The highest BCUT2D eigenvalue weighted by Gasteiger charge is 2.26. The number of likely N-dealkylation sites (N-methyl/N-ethyl adjacent to an activating group) is 1. The Labute approximate surface area is 120 Å². The standard InChI is InChI=1S/C15H25N3O2/c1-4-13(16)15(18(5-2)10-14(17)19)11-7-6-8-12(9-11)20-3/h6-9,13,15H,4-5,10,16H2,1-3H3,(H2,17,19). The van der Waals surface area contributed by atoms with Crippen LogP contribution in [0.15, 0.2) is 24.3 Å². The normalized spacial score (nSPS) is 14.1. The van der Waals surface area contributed by atoms with Crippen molar-refractivity contribution in [2.24, 2.45) is 11.5 Å². The number of hydrogen-bond acceptors (Lipinski definition) is 4. The molecule has 5 nitrogen and oxygen atoms in total. The zero-order chi connectivity index (χ0) is 15.1. The average Bonchev–Trinajstić information content (AvgIpc) is 2.46. The summed E-state index contributed by atoms with van der Waals surface area (Å²) in [7, 11) is 1.63. The molecule has 0 heterocycles. The van der Waals surface area contributed by atoms with Crippen LogP contribution in [0.3, 0.4) is 0 Å². The van der Waals surface area contributed by atoms with Gasteiger partial charge in [0.1, 0.15) is 5.75 Å².